The monoisotopic (exact) mass is 494 g/mol. The van der Waals surface area contributed by atoms with E-state index in [1.165, 1.54) is 0 Å². The van der Waals surface area contributed by atoms with E-state index in [9.17, 15) is 0 Å². The van der Waals surface area contributed by atoms with Crippen molar-refractivity contribution in [2.75, 3.05) is 31.2 Å². The van der Waals surface area contributed by atoms with Crippen molar-refractivity contribution in [2.24, 2.45) is 0 Å². The summed E-state index contributed by atoms with van der Waals surface area (Å²) in [7, 11) is 0. The SMILES string of the molecule is CC.Cc1noc(-c2cc3cc(Br)cc(Cl)c3nc2N2CCC3(CC2)OCCO3)n1. The van der Waals surface area contributed by atoms with Gasteiger partial charge >= 0.3 is 0 Å². The lowest BCUT2D eigenvalue weighted by Crippen LogP contribution is -2.45. The molecule has 2 aliphatic heterocycles. The van der Waals surface area contributed by atoms with Gasteiger partial charge < -0.3 is 18.9 Å². The van der Waals surface area contributed by atoms with Crippen LogP contribution in [-0.2, 0) is 9.47 Å². The number of fused-ring (bicyclic) bond motifs is 1. The van der Waals surface area contributed by atoms with Crippen LogP contribution >= 0.6 is 27.5 Å². The van der Waals surface area contributed by atoms with Gasteiger partial charge in [0.25, 0.3) is 5.89 Å². The molecule has 0 radical (unpaired) electrons. The first-order valence-corrected chi connectivity index (χ1v) is 11.3. The van der Waals surface area contributed by atoms with Crippen LogP contribution in [0.5, 0.6) is 0 Å². The maximum atomic E-state index is 6.47. The number of hydrogen-bond donors (Lipinski definition) is 0. The van der Waals surface area contributed by atoms with Gasteiger partial charge in [-0.15, -0.1) is 0 Å². The van der Waals surface area contributed by atoms with E-state index in [1.54, 1.807) is 6.92 Å². The van der Waals surface area contributed by atoms with Crippen molar-refractivity contribution >= 4 is 44.3 Å². The second kappa shape index (κ2) is 8.78. The van der Waals surface area contributed by atoms with Crippen molar-refractivity contribution in [1.82, 2.24) is 15.1 Å². The van der Waals surface area contributed by atoms with Gasteiger partial charge in [0.05, 0.1) is 29.3 Å². The van der Waals surface area contributed by atoms with Crippen LogP contribution in [0.1, 0.15) is 32.5 Å². The van der Waals surface area contributed by atoms with Gasteiger partial charge in [-0.25, -0.2) is 4.98 Å². The third kappa shape index (κ3) is 4.06. The maximum absolute atomic E-state index is 6.47. The third-order valence-electron chi connectivity index (χ3n) is 5.21. The van der Waals surface area contributed by atoms with E-state index in [0.29, 0.717) is 30.0 Å². The van der Waals surface area contributed by atoms with E-state index in [2.05, 4.69) is 31.0 Å². The molecule has 9 heteroatoms. The van der Waals surface area contributed by atoms with E-state index in [1.807, 2.05) is 32.0 Å². The zero-order valence-electron chi connectivity index (χ0n) is 17.2. The molecule has 30 heavy (non-hydrogen) atoms. The highest BCUT2D eigenvalue weighted by Crippen LogP contribution is 2.39. The van der Waals surface area contributed by atoms with Crippen LogP contribution in [-0.4, -0.2) is 47.2 Å². The lowest BCUT2D eigenvalue weighted by Gasteiger charge is -2.38. The maximum Gasteiger partial charge on any atom is 0.261 e. The summed E-state index contributed by atoms with van der Waals surface area (Å²) in [6, 6.07) is 5.84. The highest BCUT2D eigenvalue weighted by atomic mass is 79.9. The molecule has 0 saturated carbocycles. The highest BCUT2D eigenvalue weighted by Gasteiger charge is 2.40. The molecule has 3 aromatic rings. The van der Waals surface area contributed by atoms with E-state index in [4.69, 9.17) is 30.6 Å². The Morgan fingerprint density at radius 3 is 2.40 bits per heavy atom. The standard InChI is InChI=1S/C19H18BrClN4O3.C2H6/c1-11-22-18(28-24-11)14-9-12-8-13(20)10-15(21)16(12)23-17(14)25-4-2-19(3-5-25)26-6-7-27-19;1-2/h8-10H,2-7H2,1H3;1-2H3. The fraction of sp³-hybridized carbons (Fsp3) is 0.476. The van der Waals surface area contributed by atoms with Crippen molar-refractivity contribution in [1.29, 1.82) is 0 Å². The lowest BCUT2D eigenvalue weighted by molar-refractivity contribution is -0.169. The largest absolute Gasteiger partial charge is 0.356 e. The van der Waals surface area contributed by atoms with Crippen LogP contribution in [0.2, 0.25) is 5.02 Å². The van der Waals surface area contributed by atoms with Gasteiger partial charge in [-0.3, -0.25) is 0 Å². The zero-order valence-corrected chi connectivity index (χ0v) is 19.6. The Morgan fingerprint density at radius 2 is 1.77 bits per heavy atom. The molecule has 0 bridgehead atoms. The number of aromatic nitrogens is 3. The van der Waals surface area contributed by atoms with E-state index >= 15 is 0 Å². The van der Waals surface area contributed by atoms with E-state index in [0.717, 1.165) is 52.7 Å². The first-order chi connectivity index (χ1) is 14.5. The predicted molar refractivity (Wildman–Crippen MR) is 120 cm³/mol. The highest BCUT2D eigenvalue weighted by molar-refractivity contribution is 9.10. The molecule has 7 nitrogen and oxygen atoms in total. The number of nitrogens with zero attached hydrogens (tertiary/aromatic N) is 4. The molecule has 0 amide bonds. The van der Waals surface area contributed by atoms with E-state index < -0.39 is 5.79 Å². The second-order valence-electron chi connectivity index (χ2n) is 7.06. The molecule has 160 valence electrons. The van der Waals surface area contributed by atoms with Gasteiger partial charge in [0, 0.05) is 35.8 Å². The number of aryl methyl sites for hydroxylation is 1. The summed E-state index contributed by atoms with van der Waals surface area (Å²) < 4.78 is 18.1. The molecule has 1 spiro atoms. The van der Waals surface area contributed by atoms with Crippen molar-refractivity contribution < 1.29 is 14.0 Å². The van der Waals surface area contributed by atoms with Crippen molar-refractivity contribution in [2.45, 2.75) is 39.4 Å². The van der Waals surface area contributed by atoms with Gasteiger partial charge in [-0.2, -0.15) is 4.98 Å². The molecule has 1 aromatic carbocycles. The third-order valence-corrected chi connectivity index (χ3v) is 5.96. The van der Waals surface area contributed by atoms with Crippen molar-refractivity contribution in [3.8, 4) is 11.5 Å². The number of pyridine rings is 1. The zero-order chi connectivity index (χ0) is 21.3. The molecule has 4 heterocycles. The van der Waals surface area contributed by atoms with Crippen LogP contribution < -0.4 is 4.90 Å². The van der Waals surface area contributed by atoms with Crippen LogP contribution in [0.25, 0.3) is 22.4 Å². The fourth-order valence-electron chi connectivity index (χ4n) is 3.85. The summed E-state index contributed by atoms with van der Waals surface area (Å²) >= 11 is 9.97. The van der Waals surface area contributed by atoms with E-state index in [-0.39, 0.29) is 0 Å². The second-order valence-corrected chi connectivity index (χ2v) is 8.38. The van der Waals surface area contributed by atoms with Crippen LogP contribution in [0.3, 0.4) is 0 Å². The minimum Gasteiger partial charge on any atom is -0.356 e. The summed E-state index contributed by atoms with van der Waals surface area (Å²) in [6.45, 7) is 8.63. The summed E-state index contributed by atoms with van der Waals surface area (Å²) in [6.07, 6.45) is 1.56. The van der Waals surface area contributed by atoms with Gasteiger partial charge in [-0.1, -0.05) is 46.5 Å². The van der Waals surface area contributed by atoms with Gasteiger partial charge in [0.1, 0.15) is 5.82 Å². The minimum atomic E-state index is -0.447. The summed E-state index contributed by atoms with van der Waals surface area (Å²) in [5.41, 5.74) is 1.54. The Hall–Kier alpha value is -1.74. The van der Waals surface area contributed by atoms with Gasteiger partial charge in [0.15, 0.2) is 11.6 Å². The number of benzene rings is 1. The summed E-state index contributed by atoms with van der Waals surface area (Å²) in [5, 5.41) is 5.44. The molecule has 2 aliphatic rings. The number of piperidine rings is 1. The Morgan fingerprint density at radius 1 is 1.07 bits per heavy atom. The molecule has 0 unspecified atom stereocenters. The predicted octanol–water partition coefficient (Wildman–Crippen LogP) is 5.38. The normalized spacial score (nSPS) is 18.0. The summed E-state index contributed by atoms with van der Waals surface area (Å²) in [4.78, 5) is 11.5. The van der Waals surface area contributed by atoms with Gasteiger partial charge in [-0.05, 0) is 25.1 Å². The first-order valence-electron chi connectivity index (χ1n) is 10.2. The number of ether oxygens (including phenoxy) is 2. The molecule has 2 saturated heterocycles. The first kappa shape index (κ1) is 21.5. The topological polar surface area (TPSA) is 73.5 Å². The molecular formula is C21H24BrClN4O3. The molecule has 0 N–H and O–H groups in total. The smallest absolute Gasteiger partial charge is 0.261 e. The average Bonchev–Trinajstić information content (AvgIpc) is 3.39. The molecule has 2 fully saturated rings. The molecule has 0 atom stereocenters. The average molecular weight is 496 g/mol. The number of anilines is 1. The Kier molecular flexibility index (Phi) is 6.29. The van der Waals surface area contributed by atoms with Gasteiger partial charge in [0.2, 0.25) is 0 Å². The molecule has 2 aromatic heterocycles. The van der Waals surface area contributed by atoms with Crippen LogP contribution in [0.15, 0.2) is 27.2 Å². The number of halogens is 2. The summed E-state index contributed by atoms with van der Waals surface area (Å²) in [5.74, 6) is 1.37. The number of rotatable bonds is 2. The lowest BCUT2D eigenvalue weighted by atomic mass is 10.0. The fourth-order valence-corrected chi connectivity index (χ4v) is 4.73. The minimum absolute atomic E-state index is 0.447. The van der Waals surface area contributed by atoms with Crippen molar-refractivity contribution in [3.05, 3.63) is 33.5 Å². The Labute approximate surface area is 188 Å². The van der Waals surface area contributed by atoms with Crippen LogP contribution in [0, 0.1) is 6.92 Å². The van der Waals surface area contributed by atoms with Crippen LogP contribution in [0.4, 0.5) is 5.82 Å². The Bertz CT molecular complexity index is 1040. The molecular weight excluding hydrogens is 472 g/mol. The molecule has 5 rings (SSSR count). The number of hydrogen-bond acceptors (Lipinski definition) is 7. The molecule has 0 aliphatic carbocycles. The Balaban J connectivity index is 0.00000106. The van der Waals surface area contributed by atoms with Crippen molar-refractivity contribution in [3.63, 3.8) is 0 Å². The quantitative estimate of drug-likeness (QED) is 0.472.